The summed E-state index contributed by atoms with van der Waals surface area (Å²) in [7, 11) is 1.68. The fourth-order valence-electron chi connectivity index (χ4n) is 4.82. The van der Waals surface area contributed by atoms with Gasteiger partial charge in [-0.2, -0.15) is 0 Å². The van der Waals surface area contributed by atoms with Crippen molar-refractivity contribution in [2.45, 2.75) is 37.3 Å². The van der Waals surface area contributed by atoms with Gasteiger partial charge in [-0.25, -0.2) is 4.98 Å². The van der Waals surface area contributed by atoms with Crippen molar-refractivity contribution in [3.63, 3.8) is 0 Å². The van der Waals surface area contributed by atoms with E-state index in [9.17, 15) is 9.90 Å². The van der Waals surface area contributed by atoms with Gasteiger partial charge in [0.25, 0.3) is 5.22 Å². The van der Waals surface area contributed by atoms with Gasteiger partial charge in [0.15, 0.2) is 0 Å². The molecule has 1 N–H and O–H groups in total. The Morgan fingerprint density at radius 1 is 1.27 bits per heavy atom. The SMILES string of the molecule is COc1ccc2nccc(CCC[C@@H]3CCN(CCSc4ncco4)C[C@@H]3CC(=O)O)c2c1. The van der Waals surface area contributed by atoms with Gasteiger partial charge in [0, 0.05) is 36.8 Å². The highest BCUT2D eigenvalue weighted by Gasteiger charge is 2.30. The predicted molar refractivity (Wildman–Crippen MR) is 129 cm³/mol. The van der Waals surface area contributed by atoms with Crippen molar-refractivity contribution in [2.24, 2.45) is 11.8 Å². The summed E-state index contributed by atoms with van der Waals surface area (Å²) in [4.78, 5) is 22.5. The van der Waals surface area contributed by atoms with Crippen LogP contribution < -0.4 is 4.74 Å². The number of aryl methyl sites for hydroxylation is 1. The van der Waals surface area contributed by atoms with Crippen molar-refractivity contribution in [3.05, 3.63) is 48.5 Å². The lowest BCUT2D eigenvalue weighted by molar-refractivity contribution is -0.139. The van der Waals surface area contributed by atoms with Gasteiger partial charge in [-0.05, 0) is 73.9 Å². The summed E-state index contributed by atoms with van der Waals surface area (Å²) in [5.74, 6) is 1.67. The number of methoxy groups -OCH3 is 1. The van der Waals surface area contributed by atoms with Crippen molar-refractivity contribution < 1.29 is 19.1 Å². The molecule has 1 aliphatic heterocycles. The number of pyridine rings is 1. The average Bonchev–Trinajstić information content (AvgIpc) is 3.33. The smallest absolute Gasteiger partial charge is 0.303 e. The van der Waals surface area contributed by atoms with Gasteiger partial charge in [0.2, 0.25) is 0 Å². The number of benzene rings is 1. The summed E-state index contributed by atoms with van der Waals surface area (Å²) in [5, 5.41) is 11.3. The summed E-state index contributed by atoms with van der Waals surface area (Å²) in [5.41, 5.74) is 2.25. The molecule has 7 nitrogen and oxygen atoms in total. The number of aromatic nitrogens is 2. The second-order valence-electron chi connectivity index (χ2n) is 8.60. The third kappa shape index (κ3) is 6.48. The standard InChI is InChI=1S/C25H31N3O4S/c1-31-21-5-6-23-22(16-21)19(7-9-26-23)4-2-3-18-8-11-28(17-20(18)15-24(29)30)12-14-33-25-27-10-13-32-25/h5-7,9-10,13,16,18,20H,2-4,8,11-12,14-15,17H2,1H3,(H,29,30)/t18-,20+/m1/s1. The van der Waals surface area contributed by atoms with Gasteiger partial charge in [-0.15, -0.1) is 0 Å². The summed E-state index contributed by atoms with van der Waals surface area (Å²) in [6.07, 6.45) is 9.44. The van der Waals surface area contributed by atoms with Gasteiger partial charge < -0.3 is 19.2 Å². The monoisotopic (exact) mass is 469 g/mol. The number of aliphatic carboxylic acids is 1. The molecule has 0 amide bonds. The maximum atomic E-state index is 11.5. The molecule has 1 saturated heterocycles. The van der Waals surface area contributed by atoms with Crippen LogP contribution >= 0.6 is 11.8 Å². The molecule has 0 bridgehead atoms. The minimum atomic E-state index is -0.701. The molecule has 3 heterocycles. The Bertz CT molecular complexity index is 1040. The lowest BCUT2D eigenvalue weighted by atomic mass is 9.80. The van der Waals surface area contributed by atoms with Crippen molar-refractivity contribution in [2.75, 3.05) is 32.5 Å². The van der Waals surface area contributed by atoms with Crippen LogP contribution in [0.25, 0.3) is 10.9 Å². The van der Waals surface area contributed by atoms with Crippen molar-refractivity contribution in [1.82, 2.24) is 14.9 Å². The molecule has 1 aliphatic rings. The molecule has 2 atom stereocenters. The molecule has 3 aromatic rings. The molecule has 0 unspecified atom stereocenters. The molecule has 8 heteroatoms. The van der Waals surface area contributed by atoms with Crippen LogP contribution in [0, 0.1) is 11.8 Å². The van der Waals surface area contributed by atoms with Crippen LogP contribution in [0.3, 0.4) is 0 Å². The maximum Gasteiger partial charge on any atom is 0.303 e. The first kappa shape index (κ1) is 23.6. The molecule has 1 aromatic carbocycles. The highest BCUT2D eigenvalue weighted by atomic mass is 32.2. The van der Waals surface area contributed by atoms with E-state index < -0.39 is 5.97 Å². The van der Waals surface area contributed by atoms with Crippen LogP contribution in [0.4, 0.5) is 0 Å². The second-order valence-corrected chi connectivity index (χ2v) is 9.65. The van der Waals surface area contributed by atoms with E-state index >= 15 is 0 Å². The van der Waals surface area contributed by atoms with E-state index in [0.717, 1.165) is 67.7 Å². The Kier molecular flexibility index (Phi) is 8.23. The molecular weight excluding hydrogens is 438 g/mol. The Morgan fingerprint density at radius 3 is 2.97 bits per heavy atom. The van der Waals surface area contributed by atoms with Gasteiger partial charge in [0.05, 0.1) is 18.8 Å². The number of piperidine rings is 1. The number of oxazole rings is 1. The molecule has 4 rings (SSSR count). The Balaban J connectivity index is 1.31. The molecule has 2 aromatic heterocycles. The third-order valence-corrected chi connectivity index (χ3v) is 7.35. The number of carboxylic acids is 1. The first-order chi connectivity index (χ1) is 16.1. The number of carboxylic acid groups (broad SMARTS) is 1. The summed E-state index contributed by atoms with van der Waals surface area (Å²) in [6.45, 7) is 2.78. The van der Waals surface area contributed by atoms with Gasteiger partial charge in [-0.3, -0.25) is 9.78 Å². The average molecular weight is 470 g/mol. The highest BCUT2D eigenvalue weighted by Crippen LogP contribution is 2.32. The number of fused-ring (bicyclic) bond motifs is 1. The van der Waals surface area contributed by atoms with E-state index in [1.807, 2.05) is 18.3 Å². The number of hydrogen-bond acceptors (Lipinski definition) is 7. The van der Waals surface area contributed by atoms with E-state index in [4.69, 9.17) is 9.15 Å². The Labute approximate surface area is 198 Å². The second kappa shape index (κ2) is 11.5. The van der Waals surface area contributed by atoms with Crippen LogP contribution in [-0.4, -0.2) is 58.4 Å². The summed E-state index contributed by atoms with van der Waals surface area (Å²) >= 11 is 1.60. The molecule has 0 saturated carbocycles. The summed E-state index contributed by atoms with van der Waals surface area (Å²) < 4.78 is 10.7. The first-order valence-corrected chi connectivity index (χ1v) is 12.5. The predicted octanol–water partition coefficient (Wildman–Crippen LogP) is 4.76. The van der Waals surface area contributed by atoms with Crippen LogP contribution in [0.2, 0.25) is 0 Å². The number of likely N-dealkylation sites (tertiary alicyclic amines) is 1. The van der Waals surface area contributed by atoms with E-state index in [-0.39, 0.29) is 12.3 Å². The zero-order valence-corrected chi connectivity index (χ0v) is 19.8. The normalized spacial score (nSPS) is 19.1. The zero-order valence-electron chi connectivity index (χ0n) is 19.0. The molecular formula is C25H31N3O4S. The molecule has 0 spiro atoms. The number of hydrogen-bond donors (Lipinski definition) is 1. The maximum absolute atomic E-state index is 11.5. The quantitative estimate of drug-likeness (QED) is 0.402. The number of thioether (sulfide) groups is 1. The minimum absolute atomic E-state index is 0.192. The molecule has 176 valence electrons. The minimum Gasteiger partial charge on any atom is -0.497 e. The van der Waals surface area contributed by atoms with Crippen molar-refractivity contribution in [1.29, 1.82) is 0 Å². The van der Waals surface area contributed by atoms with E-state index in [2.05, 4.69) is 27.0 Å². The van der Waals surface area contributed by atoms with Gasteiger partial charge in [-0.1, -0.05) is 11.8 Å². The zero-order chi connectivity index (χ0) is 23.0. The fraction of sp³-hybridized carbons (Fsp3) is 0.480. The fourth-order valence-corrected chi connectivity index (χ4v) is 5.60. The van der Waals surface area contributed by atoms with Gasteiger partial charge in [0.1, 0.15) is 12.0 Å². The number of rotatable bonds is 11. The van der Waals surface area contributed by atoms with Crippen LogP contribution in [-0.2, 0) is 11.2 Å². The Morgan fingerprint density at radius 2 is 2.18 bits per heavy atom. The lowest BCUT2D eigenvalue weighted by Gasteiger charge is -2.38. The number of ether oxygens (including phenoxy) is 1. The largest absolute Gasteiger partial charge is 0.497 e. The number of nitrogens with zero attached hydrogens (tertiary/aromatic N) is 3. The topological polar surface area (TPSA) is 88.7 Å². The van der Waals surface area contributed by atoms with E-state index in [0.29, 0.717) is 11.1 Å². The van der Waals surface area contributed by atoms with E-state index in [1.54, 1.807) is 31.3 Å². The van der Waals surface area contributed by atoms with Crippen molar-refractivity contribution >= 4 is 28.6 Å². The molecule has 0 radical (unpaired) electrons. The molecule has 33 heavy (non-hydrogen) atoms. The van der Waals surface area contributed by atoms with Gasteiger partial charge >= 0.3 is 5.97 Å². The lowest BCUT2D eigenvalue weighted by Crippen LogP contribution is -2.42. The molecule has 0 aliphatic carbocycles. The summed E-state index contributed by atoms with van der Waals surface area (Å²) in [6, 6.07) is 8.08. The number of carbonyl (C=O) groups is 1. The van der Waals surface area contributed by atoms with E-state index in [1.165, 1.54) is 5.56 Å². The third-order valence-electron chi connectivity index (χ3n) is 6.52. The molecule has 1 fully saturated rings. The first-order valence-electron chi connectivity index (χ1n) is 11.5. The van der Waals surface area contributed by atoms with Crippen LogP contribution in [0.1, 0.15) is 31.2 Å². The Hall–Kier alpha value is -2.58. The van der Waals surface area contributed by atoms with Crippen molar-refractivity contribution in [3.8, 4) is 5.75 Å². The van der Waals surface area contributed by atoms with Crippen LogP contribution in [0.5, 0.6) is 5.75 Å². The highest BCUT2D eigenvalue weighted by molar-refractivity contribution is 7.99. The van der Waals surface area contributed by atoms with Crippen LogP contribution in [0.15, 0.2) is 52.6 Å².